The molecule has 0 saturated heterocycles. The number of nitrogens with zero attached hydrogens (tertiary/aromatic N) is 4. The first-order valence-electron chi connectivity index (χ1n) is 9.69. The number of carbonyl (C=O) groups is 1. The van der Waals surface area contributed by atoms with E-state index in [2.05, 4.69) is 52.4 Å². The number of methoxy groups -OCH3 is 1. The lowest BCUT2D eigenvalue weighted by Gasteiger charge is -2.28. The summed E-state index contributed by atoms with van der Waals surface area (Å²) in [4.78, 5) is 20.4. The van der Waals surface area contributed by atoms with Gasteiger partial charge in [0.15, 0.2) is 5.65 Å². The van der Waals surface area contributed by atoms with Gasteiger partial charge in [0.2, 0.25) is 0 Å². The van der Waals surface area contributed by atoms with Gasteiger partial charge >= 0.3 is 5.97 Å². The largest absolute Gasteiger partial charge is 0.468 e. The highest BCUT2D eigenvalue weighted by Crippen LogP contribution is 2.35. The van der Waals surface area contributed by atoms with Crippen molar-refractivity contribution >= 4 is 22.8 Å². The van der Waals surface area contributed by atoms with E-state index in [0.717, 1.165) is 30.5 Å². The number of hydrogen-bond donors (Lipinski definition) is 1. The molecule has 1 aliphatic carbocycles. The van der Waals surface area contributed by atoms with E-state index in [9.17, 15) is 4.79 Å². The number of hydrogen-bond acceptors (Lipinski definition) is 6. The van der Waals surface area contributed by atoms with Crippen molar-refractivity contribution in [1.29, 1.82) is 0 Å². The number of rotatable bonds is 5. The topological polar surface area (TPSA) is 81.9 Å². The molecule has 1 N–H and O–H groups in total. The van der Waals surface area contributed by atoms with E-state index in [1.54, 1.807) is 10.9 Å². The molecule has 0 amide bonds. The summed E-state index contributed by atoms with van der Waals surface area (Å²) in [5, 5.41) is 8.70. The molecule has 0 spiro atoms. The summed E-state index contributed by atoms with van der Waals surface area (Å²) in [6.07, 6.45) is 6.52. The second-order valence-electron chi connectivity index (χ2n) is 7.54. The fraction of sp³-hybridized carbons (Fsp3) is 0.429. The van der Waals surface area contributed by atoms with Crippen LogP contribution in [0.3, 0.4) is 0 Å². The smallest absolute Gasteiger partial charge is 0.327 e. The minimum Gasteiger partial charge on any atom is -0.468 e. The van der Waals surface area contributed by atoms with Crippen molar-refractivity contribution in [3.05, 3.63) is 47.4 Å². The van der Waals surface area contributed by atoms with E-state index in [0.29, 0.717) is 11.6 Å². The Labute approximate surface area is 164 Å². The summed E-state index contributed by atoms with van der Waals surface area (Å²) < 4.78 is 6.28. The maximum Gasteiger partial charge on any atom is 0.327 e. The molecule has 7 nitrogen and oxygen atoms in total. The number of aryl methyl sites for hydroxylation is 1. The Bertz CT molecular complexity index is 1010. The fourth-order valence-corrected chi connectivity index (χ4v) is 3.80. The van der Waals surface area contributed by atoms with Crippen LogP contribution in [0.5, 0.6) is 0 Å². The van der Waals surface area contributed by atoms with Crippen LogP contribution >= 0.6 is 0 Å². The zero-order valence-corrected chi connectivity index (χ0v) is 16.5. The van der Waals surface area contributed by atoms with Crippen LogP contribution in [0.4, 0.5) is 5.82 Å². The predicted molar refractivity (Wildman–Crippen MR) is 107 cm³/mol. The molecular formula is C21H25N5O2. The highest BCUT2D eigenvalue weighted by atomic mass is 16.5. The van der Waals surface area contributed by atoms with Crippen LogP contribution in [0.15, 0.2) is 30.7 Å². The number of aromatic nitrogens is 4. The van der Waals surface area contributed by atoms with Gasteiger partial charge in [0.1, 0.15) is 18.7 Å². The maximum atomic E-state index is 11.6. The lowest BCUT2D eigenvalue weighted by atomic mass is 9.85. The molecule has 4 rings (SSSR count). The van der Waals surface area contributed by atoms with Crippen LogP contribution < -0.4 is 5.32 Å². The van der Waals surface area contributed by atoms with Gasteiger partial charge in [0.25, 0.3) is 0 Å². The molecule has 2 heterocycles. The van der Waals surface area contributed by atoms with Crippen LogP contribution in [0, 0.1) is 0 Å². The summed E-state index contributed by atoms with van der Waals surface area (Å²) in [6.45, 7) is 4.47. The first kappa shape index (κ1) is 18.4. The monoisotopic (exact) mass is 379 g/mol. The van der Waals surface area contributed by atoms with Crippen molar-refractivity contribution in [3.8, 4) is 0 Å². The highest BCUT2D eigenvalue weighted by molar-refractivity contribution is 5.87. The van der Waals surface area contributed by atoms with Crippen LogP contribution in [0.2, 0.25) is 0 Å². The van der Waals surface area contributed by atoms with E-state index in [4.69, 9.17) is 4.74 Å². The molecule has 0 aliphatic heterocycles. The van der Waals surface area contributed by atoms with E-state index in [1.165, 1.54) is 30.1 Å². The summed E-state index contributed by atoms with van der Waals surface area (Å²) in [6, 6.07) is 7.04. The lowest BCUT2D eigenvalue weighted by Crippen LogP contribution is -2.19. The average molecular weight is 379 g/mol. The molecule has 28 heavy (non-hydrogen) atoms. The molecule has 1 atom stereocenters. The molecule has 0 fully saturated rings. The van der Waals surface area contributed by atoms with Crippen LogP contribution in [0.25, 0.3) is 11.0 Å². The SMILES string of the molecule is COC(=O)Cn1ncc2c(N[C@@H]3CCCc4ccc(C(C)C)cc43)ncnc21. The quantitative estimate of drug-likeness (QED) is 0.682. The average Bonchev–Trinajstić information content (AvgIpc) is 3.11. The molecule has 1 aliphatic rings. The normalized spacial score (nSPS) is 16.2. The van der Waals surface area contributed by atoms with E-state index in [1.807, 2.05) is 0 Å². The third-order valence-electron chi connectivity index (χ3n) is 5.40. The first-order valence-corrected chi connectivity index (χ1v) is 9.69. The van der Waals surface area contributed by atoms with Gasteiger partial charge in [0, 0.05) is 0 Å². The number of carbonyl (C=O) groups excluding carboxylic acids is 1. The molecule has 2 aromatic heterocycles. The van der Waals surface area contributed by atoms with Crippen LogP contribution in [0.1, 0.15) is 55.3 Å². The van der Waals surface area contributed by atoms with Crippen molar-refractivity contribution in [3.63, 3.8) is 0 Å². The zero-order chi connectivity index (χ0) is 19.7. The van der Waals surface area contributed by atoms with Crippen LogP contribution in [-0.2, 0) is 22.5 Å². The molecule has 7 heteroatoms. The number of nitrogens with one attached hydrogen (secondary N) is 1. The van der Waals surface area contributed by atoms with E-state index < -0.39 is 0 Å². The van der Waals surface area contributed by atoms with Crippen molar-refractivity contribution < 1.29 is 9.53 Å². The third kappa shape index (κ3) is 3.44. The second-order valence-corrected chi connectivity index (χ2v) is 7.54. The van der Waals surface area contributed by atoms with Gasteiger partial charge in [-0.15, -0.1) is 0 Å². The second kappa shape index (κ2) is 7.58. The van der Waals surface area contributed by atoms with Gasteiger partial charge < -0.3 is 10.1 Å². The minimum atomic E-state index is -0.361. The van der Waals surface area contributed by atoms with Crippen molar-refractivity contribution in [2.75, 3.05) is 12.4 Å². The molecular weight excluding hydrogens is 354 g/mol. The Morgan fingerprint density at radius 3 is 3.00 bits per heavy atom. The third-order valence-corrected chi connectivity index (χ3v) is 5.40. The summed E-state index contributed by atoms with van der Waals surface area (Å²) in [5.74, 6) is 0.879. The first-order chi connectivity index (χ1) is 13.6. The molecule has 0 unspecified atom stereocenters. The summed E-state index contributed by atoms with van der Waals surface area (Å²) in [7, 11) is 1.36. The minimum absolute atomic E-state index is 0.0282. The fourth-order valence-electron chi connectivity index (χ4n) is 3.80. The van der Waals surface area contributed by atoms with Gasteiger partial charge in [-0.1, -0.05) is 32.0 Å². The van der Waals surface area contributed by atoms with Gasteiger partial charge in [-0.2, -0.15) is 5.10 Å². The van der Waals surface area contributed by atoms with Crippen LogP contribution in [-0.4, -0.2) is 32.8 Å². The zero-order valence-electron chi connectivity index (χ0n) is 16.5. The van der Waals surface area contributed by atoms with Gasteiger partial charge in [0.05, 0.1) is 24.7 Å². The van der Waals surface area contributed by atoms with Crippen molar-refractivity contribution in [2.24, 2.45) is 0 Å². The highest BCUT2D eigenvalue weighted by Gasteiger charge is 2.23. The molecule has 0 radical (unpaired) electrons. The molecule has 3 aromatic rings. The van der Waals surface area contributed by atoms with E-state index >= 15 is 0 Å². The Hall–Kier alpha value is -2.96. The Morgan fingerprint density at radius 1 is 1.36 bits per heavy atom. The number of benzene rings is 1. The Morgan fingerprint density at radius 2 is 2.21 bits per heavy atom. The van der Waals surface area contributed by atoms with Crippen molar-refractivity contribution in [1.82, 2.24) is 19.7 Å². The number of anilines is 1. The molecule has 1 aromatic carbocycles. The van der Waals surface area contributed by atoms with Gasteiger partial charge in [-0.25, -0.2) is 14.6 Å². The standard InChI is InChI=1S/C21H25N5O2/c1-13(2)15-8-7-14-5-4-6-18(16(14)9-15)25-20-17-10-24-26(11-19(27)28-3)21(17)23-12-22-20/h7-10,12-13,18H,4-6,11H2,1-3H3,(H,22,23,25)/t18-/m1/s1. The predicted octanol–water partition coefficient (Wildman–Crippen LogP) is 3.61. The summed E-state index contributed by atoms with van der Waals surface area (Å²) in [5.41, 5.74) is 4.73. The van der Waals surface area contributed by atoms with Gasteiger partial charge in [-0.05, 0) is 41.9 Å². The lowest BCUT2D eigenvalue weighted by molar-refractivity contribution is -0.141. The molecule has 0 bridgehead atoms. The molecule has 146 valence electrons. The Balaban J connectivity index is 1.66. The number of fused-ring (bicyclic) bond motifs is 2. The maximum absolute atomic E-state index is 11.6. The van der Waals surface area contributed by atoms with Crippen molar-refractivity contribution in [2.45, 2.75) is 51.6 Å². The van der Waals surface area contributed by atoms with Gasteiger partial charge in [-0.3, -0.25) is 4.79 Å². The molecule has 0 saturated carbocycles. The number of esters is 1. The number of ether oxygens (including phenoxy) is 1. The Kier molecular flexibility index (Phi) is 4.98. The summed E-state index contributed by atoms with van der Waals surface area (Å²) >= 11 is 0. The van der Waals surface area contributed by atoms with E-state index in [-0.39, 0.29) is 18.6 Å².